The molecule has 1 aromatic carbocycles. The highest BCUT2D eigenvalue weighted by Crippen LogP contribution is 2.50. The highest BCUT2D eigenvalue weighted by atomic mass is 19.1. The smallest absolute Gasteiger partial charge is 0.309 e. The summed E-state index contributed by atoms with van der Waals surface area (Å²) >= 11 is 0. The van der Waals surface area contributed by atoms with Crippen LogP contribution in [0.5, 0.6) is 0 Å². The molecule has 6 atom stereocenters. The van der Waals surface area contributed by atoms with Gasteiger partial charge in [0.2, 0.25) is 0 Å². The quantitative estimate of drug-likeness (QED) is 0.725. The maximum absolute atomic E-state index is 14.0. The van der Waals surface area contributed by atoms with E-state index in [-0.39, 0.29) is 48.2 Å². The van der Waals surface area contributed by atoms with E-state index in [1.165, 1.54) is 6.07 Å². The number of hydrogen-bond donors (Lipinski definition) is 1. The van der Waals surface area contributed by atoms with Crippen molar-refractivity contribution in [2.75, 3.05) is 6.61 Å². The minimum Gasteiger partial charge on any atom is -0.462 e. The number of benzene rings is 1. The molecule has 1 saturated heterocycles. The third kappa shape index (κ3) is 3.79. The predicted molar refractivity (Wildman–Crippen MR) is 114 cm³/mol. The molecule has 4 rings (SSSR count). The van der Waals surface area contributed by atoms with Crippen molar-refractivity contribution in [3.05, 3.63) is 60.2 Å². The first-order valence-electron chi connectivity index (χ1n) is 10.7. The molecule has 6 unspecified atom stereocenters. The van der Waals surface area contributed by atoms with Crippen molar-refractivity contribution in [2.45, 2.75) is 32.8 Å². The van der Waals surface area contributed by atoms with E-state index in [2.05, 4.69) is 18.0 Å². The van der Waals surface area contributed by atoms with Crippen LogP contribution in [0.15, 0.2) is 48.7 Å². The Morgan fingerprint density at radius 1 is 1.27 bits per heavy atom. The van der Waals surface area contributed by atoms with Crippen LogP contribution in [0.3, 0.4) is 0 Å². The van der Waals surface area contributed by atoms with Crippen molar-refractivity contribution >= 4 is 12.0 Å². The van der Waals surface area contributed by atoms with Gasteiger partial charge in [0.05, 0.1) is 11.6 Å². The number of aromatic nitrogens is 1. The largest absolute Gasteiger partial charge is 0.462 e. The number of pyridine rings is 1. The lowest BCUT2D eigenvalue weighted by molar-refractivity contribution is -0.144. The number of cyclic esters (lactones) is 1. The van der Waals surface area contributed by atoms with Crippen LogP contribution in [0, 0.1) is 35.4 Å². The van der Waals surface area contributed by atoms with Crippen LogP contribution in [0.25, 0.3) is 17.2 Å². The van der Waals surface area contributed by atoms with Gasteiger partial charge in [0.25, 0.3) is 0 Å². The highest BCUT2D eigenvalue weighted by Gasteiger charge is 2.52. The average molecular weight is 410 g/mol. The van der Waals surface area contributed by atoms with E-state index < -0.39 is 0 Å². The summed E-state index contributed by atoms with van der Waals surface area (Å²) in [6, 6.07) is 10.4. The van der Waals surface area contributed by atoms with Crippen LogP contribution in [-0.4, -0.2) is 28.8 Å². The lowest BCUT2D eigenvalue weighted by Gasteiger charge is -2.42. The van der Waals surface area contributed by atoms with Gasteiger partial charge in [0.1, 0.15) is 11.9 Å². The van der Waals surface area contributed by atoms with Crippen molar-refractivity contribution in [3.8, 4) is 11.1 Å². The van der Waals surface area contributed by atoms with E-state index in [1.54, 1.807) is 24.4 Å². The number of fused-ring (bicyclic) bond motifs is 1. The van der Waals surface area contributed by atoms with Gasteiger partial charge < -0.3 is 9.84 Å². The first kappa shape index (κ1) is 20.7. The molecular formula is C25H28FNO3. The van der Waals surface area contributed by atoms with Crippen molar-refractivity contribution in [1.82, 2.24) is 4.98 Å². The first-order chi connectivity index (χ1) is 14.5. The third-order valence-electron chi connectivity index (χ3n) is 6.88. The van der Waals surface area contributed by atoms with Gasteiger partial charge in [-0.25, -0.2) is 4.39 Å². The zero-order chi connectivity index (χ0) is 21.3. The molecule has 0 amide bonds. The summed E-state index contributed by atoms with van der Waals surface area (Å²) in [6.07, 6.45) is 7.30. The van der Waals surface area contributed by atoms with Gasteiger partial charge in [-0.3, -0.25) is 9.78 Å². The Kier molecular flexibility index (Phi) is 6.00. The van der Waals surface area contributed by atoms with E-state index in [0.717, 1.165) is 17.7 Å². The van der Waals surface area contributed by atoms with Gasteiger partial charge in [0, 0.05) is 29.8 Å². The number of aliphatic hydroxyl groups excluding tert-OH is 1. The number of hydrogen-bond acceptors (Lipinski definition) is 4. The average Bonchev–Trinajstić information content (AvgIpc) is 3.05. The molecule has 1 aliphatic heterocycles. The Bertz CT molecular complexity index is 926. The molecule has 0 radical (unpaired) electrons. The second-order valence-electron chi connectivity index (χ2n) is 8.46. The Morgan fingerprint density at radius 3 is 2.73 bits per heavy atom. The second-order valence-corrected chi connectivity index (χ2v) is 8.46. The number of halogens is 1. The summed E-state index contributed by atoms with van der Waals surface area (Å²) in [5, 5.41) is 9.91. The van der Waals surface area contributed by atoms with E-state index >= 15 is 0 Å². The lowest BCUT2D eigenvalue weighted by atomic mass is 9.60. The third-order valence-corrected chi connectivity index (χ3v) is 6.88. The summed E-state index contributed by atoms with van der Waals surface area (Å²) in [5.74, 6) is 0.107. The van der Waals surface area contributed by atoms with Crippen molar-refractivity contribution in [2.24, 2.45) is 29.6 Å². The minimum atomic E-state index is -0.267. The summed E-state index contributed by atoms with van der Waals surface area (Å²) in [6.45, 7) is 4.19. The molecule has 2 heterocycles. The van der Waals surface area contributed by atoms with Gasteiger partial charge >= 0.3 is 5.97 Å². The molecule has 1 N–H and O–H groups in total. The van der Waals surface area contributed by atoms with Crippen LogP contribution in [0.4, 0.5) is 4.39 Å². The fourth-order valence-electron chi connectivity index (χ4n) is 5.42. The van der Waals surface area contributed by atoms with E-state index in [0.29, 0.717) is 17.9 Å². The molecule has 5 heteroatoms. The lowest BCUT2D eigenvalue weighted by Crippen LogP contribution is -2.42. The van der Waals surface area contributed by atoms with Crippen molar-refractivity contribution < 1.29 is 19.0 Å². The molecule has 0 spiro atoms. The number of rotatable bonds is 5. The molecule has 2 fully saturated rings. The fraction of sp³-hybridized carbons (Fsp3) is 0.440. The predicted octanol–water partition coefficient (Wildman–Crippen LogP) is 4.73. The van der Waals surface area contributed by atoms with Crippen molar-refractivity contribution in [3.63, 3.8) is 0 Å². The monoisotopic (exact) mass is 409 g/mol. The normalized spacial score (nSPS) is 31.0. The Labute approximate surface area is 176 Å². The fourth-order valence-corrected chi connectivity index (χ4v) is 5.42. The van der Waals surface area contributed by atoms with Crippen LogP contribution < -0.4 is 0 Å². The van der Waals surface area contributed by atoms with E-state index in [9.17, 15) is 14.3 Å². The molecular weight excluding hydrogens is 381 g/mol. The number of allylic oxidation sites excluding steroid dienone is 1. The standard InChI is InChI=1S/C25H28FNO3/c1-3-19-17(14-28)12-22-24(15(2)30-25(22)29)21(19)11-10-18-9-8-16(13-27-18)20-6-4-5-7-23(20)26/h4-11,13,15,17,19,21-22,24,28H,3,12,14H2,1-2H3/b11-10+. The molecule has 1 saturated carbocycles. The van der Waals surface area contributed by atoms with Crippen LogP contribution in [0.1, 0.15) is 32.4 Å². The summed E-state index contributed by atoms with van der Waals surface area (Å²) in [7, 11) is 0. The van der Waals surface area contributed by atoms with Crippen LogP contribution >= 0.6 is 0 Å². The number of carbonyl (C=O) groups excluding carboxylic acids is 1. The second kappa shape index (κ2) is 8.68. The maximum Gasteiger partial charge on any atom is 0.309 e. The Balaban J connectivity index is 1.59. The molecule has 2 aliphatic rings. The number of ether oxygens (including phenoxy) is 1. The van der Waals surface area contributed by atoms with E-state index in [1.807, 2.05) is 25.1 Å². The van der Waals surface area contributed by atoms with Crippen LogP contribution in [0.2, 0.25) is 0 Å². The van der Waals surface area contributed by atoms with Gasteiger partial charge in [-0.05, 0) is 49.3 Å². The zero-order valence-corrected chi connectivity index (χ0v) is 17.4. The van der Waals surface area contributed by atoms with Crippen molar-refractivity contribution in [1.29, 1.82) is 0 Å². The summed E-state index contributed by atoms with van der Waals surface area (Å²) in [4.78, 5) is 16.8. The molecule has 158 valence electrons. The molecule has 1 aliphatic carbocycles. The number of nitrogens with zero attached hydrogens (tertiary/aromatic N) is 1. The minimum absolute atomic E-state index is 0.0866. The van der Waals surface area contributed by atoms with E-state index in [4.69, 9.17) is 4.74 Å². The van der Waals surface area contributed by atoms with Gasteiger partial charge in [-0.1, -0.05) is 43.7 Å². The van der Waals surface area contributed by atoms with Gasteiger partial charge in [0.15, 0.2) is 0 Å². The Morgan fingerprint density at radius 2 is 2.07 bits per heavy atom. The first-order valence-corrected chi connectivity index (χ1v) is 10.7. The number of aliphatic hydroxyl groups is 1. The van der Waals surface area contributed by atoms with Gasteiger partial charge in [-0.2, -0.15) is 0 Å². The highest BCUT2D eigenvalue weighted by molar-refractivity contribution is 5.75. The topological polar surface area (TPSA) is 59.4 Å². The number of carbonyl (C=O) groups is 1. The Hall–Kier alpha value is -2.53. The molecule has 0 bridgehead atoms. The maximum atomic E-state index is 14.0. The summed E-state index contributed by atoms with van der Waals surface area (Å²) in [5.41, 5.74) is 2.05. The zero-order valence-electron chi connectivity index (χ0n) is 17.4. The summed E-state index contributed by atoms with van der Waals surface area (Å²) < 4.78 is 19.6. The van der Waals surface area contributed by atoms with Crippen LogP contribution in [-0.2, 0) is 9.53 Å². The molecule has 30 heavy (non-hydrogen) atoms. The SMILES string of the molecule is CCC1C(CO)CC2C(=O)OC(C)C2C1/C=C/c1ccc(-c2ccccc2F)cn1. The molecule has 1 aromatic heterocycles. The molecule has 2 aromatic rings. The number of esters is 1. The molecule has 4 nitrogen and oxygen atoms in total. The van der Waals surface area contributed by atoms with Gasteiger partial charge in [-0.15, -0.1) is 0 Å².